The van der Waals surface area contributed by atoms with E-state index in [1.807, 2.05) is 20.8 Å². The highest BCUT2D eigenvalue weighted by Crippen LogP contribution is 2.12. The SMILES string of the molecule is CCn1cc(S(=O)(=O)NC(CC(C)C)C(=O)O)nc1C. The molecule has 0 aliphatic rings. The van der Waals surface area contributed by atoms with Crippen LogP contribution in [0.1, 0.15) is 33.0 Å². The van der Waals surface area contributed by atoms with E-state index in [1.54, 1.807) is 11.5 Å². The van der Waals surface area contributed by atoms with Crippen LogP contribution >= 0.6 is 0 Å². The smallest absolute Gasteiger partial charge is 0.321 e. The van der Waals surface area contributed by atoms with Gasteiger partial charge in [0.05, 0.1) is 0 Å². The molecule has 1 aromatic heterocycles. The van der Waals surface area contributed by atoms with Crippen LogP contribution in [-0.4, -0.2) is 35.1 Å². The lowest BCUT2D eigenvalue weighted by Crippen LogP contribution is -2.41. The summed E-state index contributed by atoms with van der Waals surface area (Å²) in [5.41, 5.74) is 0. The Labute approximate surface area is 119 Å². The number of nitrogens with one attached hydrogen (secondary N) is 1. The first-order chi connectivity index (χ1) is 9.17. The highest BCUT2D eigenvalue weighted by atomic mass is 32.2. The second kappa shape index (κ2) is 6.36. The van der Waals surface area contributed by atoms with Crippen LogP contribution in [0.2, 0.25) is 0 Å². The number of carboxylic acid groups (broad SMARTS) is 1. The summed E-state index contributed by atoms with van der Waals surface area (Å²) in [7, 11) is -3.92. The van der Waals surface area contributed by atoms with Crippen molar-refractivity contribution in [2.75, 3.05) is 0 Å². The topological polar surface area (TPSA) is 101 Å². The number of aliphatic carboxylic acids is 1. The molecule has 1 aromatic rings. The third kappa shape index (κ3) is 4.04. The lowest BCUT2D eigenvalue weighted by atomic mass is 10.1. The zero-order valence-corrected chi connectivity index (χ0v) is 12.9. The molecule has 20 heavy (non-hydrogen) atoms. The number of hydrogen-bond donors (Lipinski definition) is 2. The van der Waals surface area contributed by atoms with E-state index in [0.717, 1.165) is 0 Å². The normalized spacial score (nSPS) is 13.7. The summed E-state index contributed by atoms with van der Waals surface area (Å²) >= 11 is 0. The Kier molecular flexibility index (Phi) is 5.29. The molecule has 0 aromatic carbocycles. The molecule has 0 saturated carbocycles. The zero-order valence-electron chi connectivity index (χ0n) is 12.1. The Morgan fingerprint density at radius 2 is 2.10 bits per heavy atom. The van der Waals surface area contributed by atoms with Crippen LogP contribution in [0.3, 0.4) is 0 Å². The van der Waals surface area contributed by atoms with E-state index < -0.39 is 22.0 Å². The first kappa shape index (κ1) is 16.6. The number of nitrogens with zero attached hydrogens (tertiary/aromatic N) is 2. The Morgan fingerprint density at radius 1 is 1.50 bits per heavy atom. The molecule has 114 valence electrons. The van der Waals surface area contributed by atoms with Crippen LogP contribution in [0, 0.1) is 12.8 Å². The van der Waals surface area contributed by atoms with E-state index in [-0.39, 0.29) is 17.4 Å². The van der Waals surface area contributed by atoms with Crippen LogP contribution in [0.5, 0.6) is 0 Å². The number of hydrogen-bond acceptors (Lipinski definition) is 4. The summed E-state index contributed by atoms with van der Waals surface area (Å²) in [6.07, 6.45) is 1.63. The molecule has 1 rings (SSSR count). The Morgan fingerprint density at radius 3 is 2.50 bits per heavy atom. The lowest BCUT2D eigenvalue weighted by Gasteiger charge is -2.15. The first-order valence-corrected chi connectivity index (χ1v) is 7.94. The van der Waals surface area contributed by atoms with Crippen molar-refractivity contribution in [2.45, 2.75) is 51.7 Å². The lowest BCUT2D eigenvalue weighted by molar-refractivity contribution is -0.139. The van der Waals surface area contributed by atoms with Gasteiger partial charge in [0.1, 0.15) is 11.9 Å². The number of carbonyl (C=O) groups is 1. The van der Waals surface area contributed by atoms with E-state index in [2.05, 4.69) is 9.71 Å². The van der Waals surface area contributed by atoms with Crippen molar-refractivity contribution in [1.29, 1.82) is 0 Å². The van der Waals surface area contributed by atoms with Gasteiger partial charge in [-0.05, 0) is 26.2 Å². The summed E-state index contributed by atoms with van der Waals surface area (Å²) in [5.74, 6) is -0.550. The minimum Gasteiger partial charge on any atom is -0.480 e. The van der Waals surface area contributed by atoms with Crippen LogP contribution in [0.25, 0.3) is 0 Å². The fourth-order valence-electron chi connectivity index (χ4n) is 1.85. The second-order valence-electron chi connectivity index (χ2n) is 5.05. The Hall–Kier alpha value is -1.41. The van der Waals surface area contributed by atoms with Gasteiger partial charge >= 0.3 is 5.97 Å². The Bertz CT molecular complexity index is 578. The van der Waals surface area contributed by atoms with Crippen LogP contribution in [0.15, 0.2) is 11.2 Å². The van der Waals surface area contributed by atoms with Gasteiger partial charge in [0, 0.05) is 12.7 Å². The number of carboxylic acids is 1. The molecule has 0 amide bonds. The molecular formula is C12H21N3O4S. The van der Waals surface area contributed by atoms with Gasteiger partial charge in [-0.1, -0.05) is 13.8 Å². The van der Waals surface area contributed by atoms with Gasteiger partial charge in [0.15, 0.2) is 5.03 Å². The van der Waals surface area contributed by atoms with Crippen LogP contribution < -0.4 is 4.72 Å². The van der Waals surface area contributed by atoms with Gasteiger partial charge in [-0.15, -0.1) is 0 Å². The number of aryl methyl sites for hydroxylation is 2. The maximum atomic E-state index is 12.2. The predicted molar refractivity (Wildman–Crippen MR) is 73.8 cm³/mol. The van der Waals surface area contributed by atoms with Crippen molar-refractivity contribution in [2.24, 2.45) is 5.92 Å². The van der Waals surface area contributed by atoms with Crippen molar-refractivity contribution in [1.82, 2.24) is 14.3 Å². The van der Waals surface area contributed by atoms with Crippen LogP contribution in [-0.2, 0) is 21.4 Å². The van der Waals surface area contributed by atoms with Crippen molar-refractivity contribution in [3.05, 3.63) is 12.0 Å². The van der Waals surface area contributed by atoms with E-state index in [9.17, 15) is 13.2 Å². The van der Waals surface area contributed by atoms with E-state index in [4.69, 9.17) is 5.11 Å². The summed E-state index contributed by atoms with van der Waals surface area (Å²) in [4.78, 5) is 15.1. The van der Waals surface area contributed by atoms with Crippen molar-refractivity contribution in [3.8, 4) is 0 Å². The highest BCUT2D eigenvalue weighted by Gasteiger charge is 2.28. The minimum atomic E-state index is -3.92. The zero-order chi connectivity index (χ0) is 15.5. The molecule has 0 bridgehead atoms. The molecule has 0 saturated heterocycles. The third-order valence-electron chi connectivity index (χ3n) is 2.87. The quantitative estimate of drug-likeness (QED) is 0.782. The van der Waals surface area contributed by atoms with Crippen molar-refractivity contribution >= 4 is 16.0 Å². The van der Waals surface area contributed by atoms with Gasteiger partial charge in [-0.3, -0.25) is 4.79 Å². The fourth-order valence-corrected chi connectivity index (χ4v) is 3.06. The highest BCUT2D eigenvalue weighted by molar-refractivity contribution is 7.89. The number of aromatic nitrogens is 2. The monoisotopic (exact) mass is 303 g/mol. The van der Waals surface area contributed by atoms with Crippen molar-refractivity contribution in [3.63, 3.8) is 0 Å². The summed E-state index contributed by atoms with van der Waals surface area (Å²) in [5, 5.41) is 8.94. The molecule has 1 atom stereocenters. The van der Waals surface area contributed by atoms with Gasteiger partial charge in [0.2, 0.25) is 0 Å². The molecule has 0 spiro atoms. The van der Waals surface area contributed by atoms with Gasteiger partial charge in [-0.25, -0.2) is 13.4 Å². The fraction of sp³-hybridized carbons (Fsp3) is 0.667. The largest absolute Gasteiger partial charge is 0.480 e. The number of rotatable bonds is 7. The molecule has 7 nitrogen and oxygen atoms in total. The van der Waals surface area contributed by atoms with Gasteiger partial charge in [-0.2, -0.15) is 4.72 Å². The van der Waals surface area contributed by atoms with Gasteiger partial charge in [0.25, 0.3) is 10.0 Å². The van der Waals surface area contributed by atoms with E-state index in [1.165, 1.54) is 6.20 Å². The average Bonchev–Trinajstić information content (AvgIpc) is 2.69. The van der Waals surface area contributed by atoms with Gasteiger partial charge < -0.3 is 9.67 Å². The minimum absolute atomic E-state index is 0.0636. The molecule has 2 N–H and O–H groups in total. The number of imidazole rings is 1. The second-order valence-corrected chi connectivity index (χ2v) is 6.71. The number of sulfonamides is 1. The maximum Gasteiger partial charge on any atom is 0.321 e. The van der Waals surface area contributed by atoms with E-state index in [0.29, 0.717) is 12.4 Å². The summed E-state index contributed by atoms with van der Waals surface area (Å²) in [6, 6.07) is -1.15. The molecular weight excluding hydrogens is 282 g/mol. The molecule has 8 heteroatoms. The molecule has 1 unspecified atom stereocenters. The molecule has 0 aliphatic carbocycles. The van der Waals surface area contributed by atoms with E-state index >= 15 is 0 Å². The average molecular weight is 303 g/mol. The van der Waals surface area contributed by atoms with Crippen LogP contribution in [0.4, 0.5) is 0 Å². The molecule has 0 fully saturated rings. The predicted octanol–water partition coefficient (Wildman–Crippen LogP) is 0.989. The Balaban J connectivity index is 3.00. The molecule has 0 radical (unpaired) electrons. The standard InChI is InChI=1S/C12H21N3O4S/c1-5-15-7-11(13-9(15)4)20(18,19)14-10(12(16)17)6-8(2)3/h7-8,10,14H,5-6H2,1-4H3,(H,16,17). The molecule has 0 aliphatic heterocycles. The molecule has 1 heterocycles. The summed E-state index contributed by atoms with van der Waals surface area (Å²) in [6.45, 7) is 7.84. The third-order valence-corrected chi connectivity index (χ3v) is 4.21. The first-order valence-electron chi connectivity index (χ1n) is 6.46. The van der Waals surface area contributed by atoms with Crippen molar-refractivity contribution < 1.29 is 18.3 Å². The summed E-state index contributed by atoms with van der Waals surface area (Å²) < 4.78 is 28.2. The maximum absolute atomic E-state index is 12.2.